The quantitative estimate of drug-likeness (QED) is 0.794. The Labute approximate surface area is 111 Å². The van der Waals surface area contributed by atoms with Crippen molar-refractivity contribution in [2.45, 2.75) is 6.92 Å². The number of nitrogens with one attached hydrogen (secondary N) is 2. The highest BCUT2D eigenvalue weighted by Gasteiger charge is 2.12. The van der Waals surface area contributed by atoms with Gasteiger partial charge in [0, 0.05) is 25.5 Å². The Hall–Kier alpha value is -1.18. The molecule has 1 heterocycles. The van der Waals surface area contributed by atoms with Crippen LogP contribution in [0.25, 0.3) is 0 Å². The molecule has 1 aromatic heterocycles. The third-order valence-electron chi connectivity index (χ3n) is 2.04. The lowest BCUT2D eigenvalue weighted by atomic mass is 10.2. The van der Waals surface area contributed by atoms with Gasteiger partial charge in [0.25, 0.3) is 5.91 Å². The number of hydrogen-bond acceptors (Lipinski definition) is 4. The Kier molecular flexibility index (Phi) is 5.52. The highest BCUT2D eigenvalue weighted by Crippen LogP contribution is 2.12. The molecule has 0 radical (unpaired) electrons. The maximum absolute atomic E-state index is 11.7. The number of nitrogens with zero attached hydrogens (tertiary/aromatic N) is 1. The number of carbonyl (C=O) groups excluding carboxylic acids is 1. The van der Waals surface area contributed by atoms with Gasteiger partial charge < -0.3 is 5.32 Å². The van der Waals surface area contributed by atoms with Crippen LogP contribution in [0.4, 0.5) is 0 Å². The Morgan fingerprint density at radius 3 is 2.83 bits per heavy atom. The molecule has 1 aromatic rings. The minimum Gasteiger partial charge on any atom is -0.351 e. The lowest BCUT2D eigenvalue weighted by molar-refractivity contribution is 0.0956. The van der Waals surface area contributed by atoms with Gasteiger partial charge in [-0.1, -0.05) is 18.5 Å². The predicted octanol–water partition coefficient (Wildman–Crippen LogP) is 0.404. The molecule has 8 heteroatoms. The van der Waals surface area contributed by atoms with E-state index < -0.39 is 15.9 Å². The van der Waals surface area contributed by atoms with Gasteiger partial charge in [0.05, 0.1) is 16.3 Å². The molecular weight excluding hydrogens is 278 g/mol. The van der Waals surface area contributed by atoms with Crippen molar-refractivity contribution in [2.24, 2.45) is 0 Å². The van der Waals surface area contributed by atoms with Crippen molar-refractivity contribution >= 4 is 27.5 Å². The molecule has 0 saturated heterocycles. The molecular formula is C10H14ClN3O3S. The summed E-state index contributed by atoms with van der Waals surface area (Å²) in [6, 6.07) is 1.47. The smallest absolute Gasteiger partial charge is 0.252 e. The Morgan fingerprint density at radius 1 is 1.50 bits per heavy atom. The zero-order valence-electron chi connectivity index (χ0n) is 9.81. The minimum absolute atomic E-state index is 0.0207. The molecule has 2 N–H and O–H groups in total. The van der Waals surface area contributed by atoms with Crippen LogP contribution in [0.3, 0.4) is 0 Å². The molecule has 0 atom stereocenters. The van der Waals surface area contributed by atoms with Crippen LogP contribution < -0.4 is 10.0 Å². The summed E-state index contributed by atoms with van der Waals surface area (Å²) in [4.78, 5) is 15.4. The van der Waals surface area contributed by atoms with Crippen LogP contribution >= 0.6 is 11.6 Å². The average molecular weight is 292 g/mol. The van der Waals surface area contributed by atoms with Crippen molar-refractivity contribution in [2.75, 3.05) is 18.8 Å². The van der Waals surface area contributed by atoms with Crippen molar-refractivity contribution < 1.29 is 13.2 Å². The molecule has 0 fully saturated rings. The van der Waals surface area contributed by atoms with E-state index in [1.54, 1.807) is 6.92 Å². The second kappa shape index (κ2) is 6.67. The van der Waals surface area contributed by atoms with Crippen LogP contribution in [0.1, 0.15) is 17.3 Å². The Bertz CT molecular complexity index is 519. The number of carbonyl (C=O) groups is 1. The zero-order valence-corrected chi connectivity index (χ0v) is 11.4. The fourth-order valence-corrected chi connectivity index (χ4v) is 2.41. The van der Waals surface area contributed by atoms with E-state index in [1.165, 1.54) is 18.5 Å². The van der Waals surface area contributed by atoms with Gasteiger partial charge in [0.2, 0.25) is 10.0 Å². The van der Waals surface area contributed by atoms with Crippen LogP contribution in [-0.2, 0) is 10.0 Å². The summed E-state index contributed by atoms with van der Waals surface area (Å²) in [5.41, 5.74) is 0.271. The maximum Gasteiger partial charge on any atom is 0.252 e. The Morgan fingerprint density at radius 2 is 2.22 bits per heavy atom. The fourth-order valence-electron chi connectivity index (χ4n) is 1.25. The van der Waals surface area contributed by atoms with E-state index in [9.17, 15) is 13.2 Å². The highest BCUT2D eigenvalue weighted by molar-refractivity contribution is 7.89. The van der Waals surface area contributed by atoms with Crippen LogP contribution in [0.2, 0.25) is 5.02 Å². The van der Waals surface area contributed by atoms with Crippen molar-refractivity contribution in [1.29, 1.82) is 0 Å². The second-order valence-corrected chi connectivity index (χ2v) is 5.76. The van der Waals surface area contributed by atoms with Gasteiger partial charge >= 0.3 is 0 Å². The first-order chi connectivity index (χ1) is 8.46. The number of rotatable bonds is 6. The summed E-state index contributed by atoms with van der Waals surface area (Å²) in [7, 11) is -3.33. The first kappa shape index (κ1) is 14.9. The van der Waals surface area contributed by atoms with E-state index in [4.69, 9.17) is 11.6 Å². The largest absolute Gasteiger partial charge is 0.351 e. The fraction of sp³-hybridized carbons (Fsp3) is 0.400. The lowest BCUT2D eigenvalue weighted by Crippen LogP contribution is -2.34. The predicted molar refractivity (Wildman–Crippen MR) is 69.0 cm³/mol. The summed E-state index contributed by atoms with van der Waals surface area (Å²) in [5, 5.41) is 2.71. The van der Waals surface area contributed by atoms with Gasteiger partial charge in [-0.2, -0.15) is 0 Å². The normalized spacial score (nSPS) is 11.2. The summed E-state index contributed by atoms with van der Waals surface area (Å²) in [6.45, 7) is 2.03. The van der Waals surface area contributed by atoms with E-state index >= 15 is 0 Å². The summed E-state index contributed by atoms with van der Waals surface area (Å²) in [5.74, 6) is -0.593. The van der Waals surface area contributed by atoms with Gasteiger partial charge in [0.15, 0.2) is 0 Å². The molecule has 0 aliphatic rings. The average Bonchev–Trinajstić information content (AvgIpc) is 2.29. The number of amides is 1. The molecule has 1 rings (SSSR count). The molecule has 6 nitrogen and oxygen atoms in total. The Balaban J connectivity index is 2.51. The van der Waals surface area contributed by atoms with Crippen molar-refractivity contribution in [3.63, 3.8) is 0 Å². The van der Waals surface area contributed by atoms with E-state index in [0.29, 0.717) is 6.54 Å². The van der Waals surface area contributed by atoms with E-state index in [0.717, 1.165) is 0 Å². The van der Waals surface area contributed by atoms with E-state index in [2.05, 4.69) is 15.0 Å². The molecule has 0 aromatic carbocycles. The van der Waals surface area contributed by atoms with Gasteiger partial charge in [-0.3, -0.25) is 9.78 Å². The summed E-state index contributed by atoms with van der Waals surface area (Å²) >= 11 is 5.78. The van der Waals surface area contributed by atoms with Gasteiger partial charge in [0.1, 0.15) is 0 Å². The standard InChI is InChI=1S/C10H14ClN3O3S/c1-2-14-18(16,17)6-5-13-10(15)8-3-4-12-7-9(8)11/h3-4,7,14H,2,5-6H2,1H3,(H,13,15). The van der Waals surface area contributed by atoms with Crippen LogP contribution in [0, 0.1) is 0 Å². The molecule has 0 spiro atoms. The van der Waals surface area contributed by atoms with Gasteiger partial charge in [-0.05, 0) is 6.07 Å². The maximum atomic E-state index is 11.7. The van der Waals surface area contributed by atoms with Crippen molar-refractivity contribution in [3.05, 3.63) is 29.0 Å². The number of sulfonamides is 1. The van der Waals surface area contributed by atoms with Crippen molar-refractivity contribution in [1.82, 2.24) is 15.0 Å². The molecule has 0 saturated carbocycles. The molecule has 0 unspecified atom stereocenters. The van der Waals surface area contributed by atoms with E-state index in [1.807, 2.05) is 0 Å². The molecule has 0 aliphatic heterocycles. The van der Waals surface area contributed by atoms with Crippen LogP contribution in [-0.4, -0.2) is 38.2 Å². The molecule has 1 amide bonds. The van der Waals surface area contributed by atoms with Gasteiger partial charge in [-0.25, -0.2) is 13.1 Å². The van der Waals surface area contributed by atoms with Crippen LogP contribution in [0.5, 0.6) is 0 Å². The summed E-state index contributed by atoms with van der Waals surface area (Å²) in [6.07, 6.45) is 2.79. The van der Waals surface area contributed by atoms with E-state index in [-0.39, 0.29) is 22.9 Å². The highest BCUT2D eigenvalue weighted by atomic mass is 35.5. The third-order valence-corrected chi connectivity index (χ3v) is 3.81. The minimum atomic E-state index is -3.33. The number of halogens is 1. The topological polar surface area (TPSA) is 88.2 Å². The first-order valence-electron chi connectivity index (χ1n) is 5.31. The zero-order chi connectivity index (χ0) is 13.6. The third kappa shape index (κ3) is 4.59. The van der Waals surface area contributed by atoms with Crippen molar-refractivity contribution in [3.8, 4) is 0 Å². The monoisotopic (exact) mass is 291 g/mol. The first-order valence-corrected chi connectivity index (χ1v) is 7.34. The molecule has 0 aliphatic carbocycles. The van der Waals surface area contributed by atoms with Gasteiger partial charge in [-0.15, -0.1) is 0 Å². The molecule has 18 heavy (non-hydrogen) atoms. The molecule has 0 bridgehead atoms. The number of aromatic nitrogens is 1. The second-order valence-electron chi connectivity index (χ2n) is 3.43. The molecule has 100 valence electrons. The van der Waals surface area contributed by atoms with Crippen LogP contribution in [0.15, 0.2) is 18.5 Å². The SMILES string of the molecule is CCNS(=O)(=O)CCNC(=O)c1ccncc1Cl. The summed E-state index contributed by atoms with van der Waals surface area (Å²) < 4.78 is 25.0. The number of pyridine rings is 1. The lowest BCUT2D eigenvalue weighted by Gasteiger charge is -2.07. The number of hydrogen-bond donors (Lipinski definition) is 2.